The molecule has 1 aliphatic rings. The summed E-state index contributed by atoms with van der Waals surface area (Å²) < 4.78 is 23.2. The molecule has 2 rings (SSSR count). The Morgan fingerprint density at radius 2 is 2.29 bits per heavy atom. The Bertz CT molecular complexity index is 609. The van der Waals surface area contributed by atoms with Crippen LogP contribution in [0.1, 0.15) is 36.9 Å². The van der Waals surface area contributed by atoms with Crippen LogP contribution in [0.15, 0.2) is 5.38 Å². The Kier molecular flexibility index (Phi) is 5.00. The largest absolute Gasteiger partial charge is 0.480 e. The minimum atomic E-state index is -3.03. The number of hydrogen-bond acceptors (Lipinski definition) is 6. The van der Waals surface area contributed by atoms with E-state index in [9.17, 15) is 13.2 Å². The predicted octanol–water partition coefficient (Wildman–Crippen LogP) is 1.34. The fraction of sp³-hybridized carbons (Fsp3) is 0.692. The van der Waals surface area contributed by atoms with Crippen molar-refractivity contribution in [2.45, 2.75) is 38.8 Å². The normalized spacial score (nSPS) is 21.2. The second-order valence-electron chi connectivity index (χ2n) is 5.69. The second kappa shape index (κ2) is 6.41. The first-order valence-electron chi connectivity index (χ1n) is 6.87. The summed E-state index contributed by atoms with van der Waals surface area (Å²) in [6, 6.07) is -0.227. The van der Waals surface area contributed by atoms with E-state index in [1.807, 2.05) is 5.38 Å². The zero-order chi connectivity index (χ0) is 15.6. The topological polar surface area (TPSA) is 87.6 Å². The quantitative estimate of drug-likeness (QED) is 0.846. The van der Waals surface area contributed by atoms with Gasteiger partial charge in [-0.15, -0.1) is 11.3 Å². The van der Waals surface area contributed by atoms with Crippen LogP contribution in [0.3, 0.4) is 0 Å². The Hall–Kier alpha value is -0.990. The van der Waals surface area contributed by atoms with Crippen molar-refractivity contribution in [3.63, 3.8) is 0 Å². The fourth-order valence-electron chi connectivity index (χ4n) is 2.42. The first-order chi connectivity index (χ1) is 9.77. The molecule has 21 heavy (non-hydrogen) atoms. The fourth-order valence-corrected chi connectivity index (χ4v) is 5.01. The molecule has 1 N–H and O–H groups in total. The molecule has 1 atom stereocenters. The number of carboxylic acids is 1. The van der Waals surface area contributed by atoms with Gasteiger partial charge in [0.1, 0.15) is 0 Å². The zero-order valence-corrected chi connectivity index (χ0v) is 13.8. The summed E-state index contributed by atoms with van der Waals surface area (Å²) in [6.45, 7) is 4.34. The number of aliphatic carboxylic acids is 1. The van der Waals surface area contributed by atoms with Gasteiger partial charge in [0.25, 0.3) is 0 Å². The van der Waals surface area contributed by atoms with Crippen molar-refractivity contribution in [1.29, 1.82) is 0 Å². The van der Waals surface area contributed by atoms with Crippen LogP contribution >= 0.6 is 11.3 Å². The molecule has 1 unspecified atom stereocenters. The van der Waals surface area contributed by atoms with Gasteiger partial charge in [-0.2, -0.15) is 0 Å². The lowest BCUT2D eigenvalue weighted by molar-refractivity contribution is -0.139. The number of nitrogens with zero attached hydrogens (tertiary/aromatic N) is 2. The number of aromatic nitrogens is 1. The van der Waals surface area contributed by atoms with E-state index in [4.69, 9.17) is 5.11 Å². The van der Waals surface area contributed by atoms with Crippen LogP contribution in [0.2, 0.25) is 0 Å². The molecule has 1 aromatic rings. The van der Waals surface area contributed by atoms with E-state index in [-0.39, 0.29) is 24.1 Å². The highest BCUT2D eigenvalue weighted by Gasteiger charge is 2.33. The number of hydrogen-bond donors (Lipinski definition) is 1. The molecule has 6 nitrogen and oxygen atoms in total. The van der Waals surface area contributed by atoms with Crippen molar-refractivity contribution in [1.82, 2.24) is 9.88 Å². The number of thiazole rings is 1. The van der Waals surface area contributed by atoms with Gasteiger partial charge in [0.05, 0.1) is 28.8 Å². The van der Waals surface area contributed by atoms with Crippen LogP contribution in [-0.2, 0) is 21.2 Å². The maximum absolute atomic E-state index is 11.6. The van der Waals surface area contributed by atoms with E-state index in [0.29, 0.717) is 18.9 Å². The third-order valence-corrected chi connectivity index (χ3v) is 6.44. The van der Waals surface area contributed by atoms with Crippen LogP contribution < -0.4 is 0 Å². The molecule has 1 fully saturated rings. The summed E-state index contributed by atoms with van der Waals surface area (Å²) >= 11 is 1.56. The van der Waals surface area contributed by atoms with Gasteiger partial charge in [0, 0.05) is 23.9 Å². The Balaban J connectivity index is 2.10. The molecule has 0 spiro atoms. The molecular formula is C13H20N2O4S2. The number of rotatable bonds is 6. The maximum atomic E-state index is 11.6. The van der Waals surface area contributed by atoms with Crippen molar-refractivity contribution >= 4 is 27.1 Å². The van der Waals surface area contributed by atoms with Crippen LogP contribution in [0.25, 0.3) is 0 Å². The summed E-state index contributed by atoms with van der Waals surface area (Å²) in [5.74, 6) is -0.425. The average Bonchev–Trinajstić information content (AvgIpc) is 2.94. The monoisotopic (exact) mass is 332 g/mol. The maximum Gasteiger partial charge on any atom is 0.317 e. The van der Waals surface area contributed by atoms with E-state index in [2.05, 4.69) is 18.8 Å². The lowest BCUT2D eigenvalue weighted by atomic mass is 10.2. The lowest BCUT2D eigenvalue weighted by Crippen LogP contribution is -2.39. The summed E-state index contributed by atoms with van der Waals surface area (Å²) in [5, 5.41) is 12.0. The van der Waals surface area contributed by atoms with Gasteiger partial charge >= 0.3 is 5.97 Å². The van der Waals surface area contributed by atoms with Crippen molar-refractivity contribution in [2.75, 3.05) is 18.1 Å². The smallest absolute Gasteiger partial charge is 0.317 e. The van der Waals surface area contributed by atoms with E-state index < -0.39 is 15.8 Å². The first kappa shape index (κ1) is 16.4. The minimum Gasteiger partial charge on any atom is -0.480 e. The van der Waals surface area contributed by atoms with Gasteiger partial charge in [-0.05, 0) is 6.42 Å². The molecule has 0 saturated carbocycles. The third kappa shape index (κ3) is 4.49. The van der Waals surface area contributed by atoms with E-state index in [1.165, 1.54) is 0 Å². The first-order valence-corrected chi connectivity index (χ1v) is 9.57. The lowest BCUT2D eigenvalue weighted by Gasteiger charge is -2.25. The molecule has 0 amide bonds. The molecule has 0 aromatic carbocycles. The number of sulfone groups is 1. The highest BCUT2D eigenvalue weighted by Crippen LogP contribution is 2.23. The van der Waals surface area contributed by atoms with Crippen molar-refractivity contribution < 1.29 is 18.3 Å². The molecule has 0 bridgehead atoms. The van der Waals surface area contributed by atoms with Crippen LogP contribution in [0.5, 0.6) is 0 Å². The van der Waals surface area contributed by atoms with Gasteiger partial charge < -0.3 is 5.11 Å². The van der Waals surface area contributed by atoms with E-state index in [1.54, 1.807) is 16.2 Å². The molecule has 1 aromatic heterocycles. The van der Waals surface area contributed by atoms with Gasteiger partial charge in [0.15, 0.2) is 9.84 Å². The highest BCUT2D eigenvalue weighted by atomic mass is 32.2. The second-order valence-corrected chi connectivity index (χ2v) is 8.81. The Morgan fingerprint density at radius 3 is 2.76 bits per heavy atom. The summed E-state index contributed by atoms with van der Waals surface area (Å²) in [4.78, 5) is 17.2. The molecule has 2 heterocycles. The number of carbonyl (C=O) groups is 1. The third-order valence-electron chi connectivity index (χ3n) is 3.49. The molecule has 8 heteroatoms. The van der Waals surface area contributed by atoms with Crippen molar-refractivity contribution in [3.05, 3.63) is 16.1 Å². The van der Waals surface area contributed by atoms with Crippen LogP contribution in [0.4, 0.5) is 0 Å². The standard InChI is InChI=1S/C13H20N2O4S2/c1-9(2)13-14-10(7-20-13)5-15(6-12(16)17)11-3-4-21(18,19)8-11/h7,9,11H,3-6,8H2,1-2H3,(H,16,17). The van der Waals surface area contributed by atoms with E-state index >= 15 is 0 Å². The van der Waals surface area contributed by atoms with Crippen LogP contribution in [-0.4, -0.2) is 53.5 Å². The summed E-state index contributed by atoms with van der Waals surface area (Å²) in [7, 11) is -3.03. The molecule has 118 valence electrons. The van der Waals surface area contributed by atoms with Gasteiger partial charge in [0.2, 0.25) is 0 Å². The average molecular weight is 332 g/mol. The summed E-state index contributed by atoms with van der Waals surface area (Å²) in [6.07, 6.45) is 0.497. The van der Waals surface area contributed by atoms with Gasteiger partial charge in [-0.1, -0.05) is 13.8 Å². The SMILES string of the molecule is CC(C)c1nc(CN(CC(=O)O)C2CCS(=O)(=O)C2)cs1. The molecular weight excluding hydrogens is 312 g/mol. The summed E-state index contributed by atoms with van der Waals surface area (Å²) in [5.41, 5.74) is 0.814. The van der Waals surface area contributed by atoms with Crippen molar-refractivity contribution in [3.8, 4) is 0 Å². The Labute approximate surface area is 128 Å². The number of carboxylic acid groups (broad SMARTS) is 1. The molecule has 1 aliphatic heterocycles. The van der Waals surface area contributed by atoms with E-state index in [0.717, 1.165) is 10.7 Å². The van der Waals surface area contributed by atoms with Crippen LogP contribution in [0, 0.1) is 0 Å². The molecule has 0 aliphatic carbocycles. The zero-order valence-electron chi connectivity index (χ0n) is 12.2. The van der Waals surface area contributed by atoms with Gasteiger partial charge in [-0.25, -0.2) is 13.4 Å². The Morgan fingerprint density at radius 1 is 1.57 bits per heavy atom. The van der Waals surface area contributed by atoms with Gasteiger partial charge in [-0.3, -0.25) is 9.69 Å². The van der Waals surface area contributed by atoms with Crippen molar-refractivity contribution in [2.24, 2.45) is 0 Å². The minimum absolute atomic E-state index is 0.0431. The predicted molar refractivity (Wildman–Crippen MR) is 81.3 cm³/mol. The highest BCUT2D eigenvalue weighted by molar-refractivity contribution is 7.91. The molecule has 0 radical (unpaired) electrons. The molecule has 1 saturated heterocycles.